The van der Waals surface area contributed by atoms with Gasteiger partial charge in [-0.2, -0.15) is 5.10 Å². The summed E-state index contributed by atoms with van der Waals surface area (Å²) in [7, 11) is 0. The number of phenols is 1. The van der Waals surface area contributed by atoms with Gasteiger partial charge in [0.15, 0.2) is 6.29 Å². The van der Waals surface area contributed by atoms with Gasteiger partial charge in [-0.1, -0.05) is 6.07 Å². The lowest BCUT2D eigenvalue weighted by atomic mass is 10.2. The van der Waals surface area contributed by atoms with E-state index < -0.39 is 0 Å². The highest BCUT2D eigenvalue weighted by Crippen LogP contribution is 2.32. The highest BCUT2D eigenvalue weighted by Gasteiger charge is 2.18. The van der Waals surface area contributed by atoms with E-state index in [0.29, 0.717) is 12.0 Å². The van der Waals surface area contributed by atoms with Gasteiger partial charge in [0.25, 0.3) is 0 Å². The molecule has 0 atom stereocenters. The monoisotopic (exact) mass is 357 g/mol. The third kappa shape index (κ3) is 3.41. The van der Waals surface area contributed by atoms with Crippen molar-refractivity contribution in [2.24, 2.45) is 0 Å². The fraction of sp³-hybridized carbons (Fsp3) is 0.278. The number of rotatable bonds is 6. The number of carbonyl (C=O) groups excluding carboxylic acids is 1. The van der Waals surface area contributed by atoms with Crippen LogP contribution in [0.4, 0.5) is 0 Å². The first kappa shape index (κ1) is 17.2. The van der Waals surface area contributed by atoms with Crippen LogP contribution in [0.5, 0.6) is 11.5 Å². The number of carbonyl (C=O) groups is 1. The number of aldehydes is 1. The van der Waals surface area contributed by atoms with Gasteiger partial charge < -0.3 is 9.84 Å². The lowest BCUT2D eigenvalue weighted by molar-refractivity contribution is 0.111. The maximum Gasteiger partial charge on any atom is 0.157 e. The summed E-state index contributed by atoms with van der Waals surface area (Å²) < 4.78 is 7.72. The Morgan fingerprint density at radius 2 is 2.16 bits per heavy atom. The Balaban J connectivity index is 1.91. The summed E-state index contributed by atoms with van der Waals surface area (Å²) in [4.78, 5) is 16.7. The Morgan fingerprint density at radius 3 is 2.88 bits per heavy atom. The summed E-state index contributed by atoms with van der Waals surface area (Å²) in [5.74, 6) is 0.260. The molecule has 25 heavy (non-hydrogen) atoms. The van der Waals surface area contributed by atoms with E-state index in [-0.39, 0.29) is 24.0 Å². The molecule has 1 N–H and O–H groups in total. The summed E-state index contributed by atoms with van der Waals surface area (Å²) in [5, 5.41) is 15.1. The van der Waals surface area contributed by atoms with Crippen LogP contribution in [0.2, 0.25) is 0 Å². The summed E-state index contributed by atoms with van der Waals surface area (Å²) >= 11 is 1.54. The number of phenolic OH excluding ortho intramolecular Hbond substituents is 1. The molecule has 130 valence electrons. The topological polar surface area (TPSA) is 77.2 Å². The average Bonchev–Trinajstić information content (AvgIpc) is 3.19. The lowest BCUT2D eigenvalue weighted by Gasteiger charge is -2.12. The molecule has 3 rings (SSSR count). The van der Waals surface area contributed by atoms with Gasteiger partial charge in [0.1, 0.15) is 23.8 Å². The van der Waals surface area contributed by atoms with Crippen molar-refractivity contribution in [1.82, 2.24) is 14.8 Å². The van der Waals surface area contributed by atoms with Crippen molar-refractivity contribution in [3.63, 3.8) is 0 Å². The minimum Gasteiger partial charge on any atom is -0.507 e. The summed E-state index contributed by atoms with van der Waals surface area (Å²) in [6.45, 7) is 6.33. The van der Waals surface area contributed by atoms with E-state index in [1.165, 1.54) is 6.07 Å². The minimum atomic E-state index is -0.0916. The zero-order valence-electron chi connectivity index (χ0n) is 14.3. The first-order valence-corrected chi connectivity index (χ1v) is 8.73. The van der Waals surface area contributed by atoms with Gasteiger partial charge in [-0.05, 0) is 39.0 Å². The van der Waals surface area contributed by atoms with Gasteiger partial charge in [-0.3, -0.25) is 9.48 Å². The molecule has 6 nitrogen and oxygen atoms in total. The van der Waals surface area contributed by atoms with Crippen molar-refractivity contribution in [1.29, 1.82) is 0 Å². The molecule has 0 saturated carbocycles. The Morgan fingerprint density at radius 1 is 1.36 bits per heavy atom. The summed E-state index contributed by atoms with van der Waals surface area (Å²) in [5.41, 5.74) is 1.92. The fourth-order valence-electron chi connectivity index (χ4n) is 2.60. The van der Waals surface area contributed by atoms with Crippen molar-refractivity contribution in [2.45, 2.75) is 33.4 Å². The molecule has 0 radical (unpaired) electrons. The first-order valence-electron chi connectivity index (χ1n) is 7.91. The van der Waals surface area contributed by atoms with Gasteiger partial charge in [-0.15, -0.1) is 11.3 Å². The quantitative estimate of drug-likeness (QED) is 0.675. The van der Waals surface area contributed by atoms with E-state index in [9.17, 15) is 9.90 Å². The van der Waals surface area contributed by atoms with Gasteiger partial charge in [0, 0.05) is 12.2 Å². The molecule has 0 aliphatic rings. The molecule has 7 heteroatoms. The van der Waals surface area contributed by atoms with E-state index in [0.717, 1.165) is 21.3 Å². The van der Waals surface area contributed by atoms with Crippen LogP contribution < -0.4 is 4.74 Å². The van der Waals surface area contributed by atoms with Crippen molar-refractivity contribution in [3.05, 3.63) is 45.9 Å². The molecular formula is C18H19N3O3S. The lowest BCUT2D eigenvalue weighted by Crippen LogP contribution is -2.06. The summed E-state index contributed by atoms with van der Waals surface area (Å²) in [6.07, 6.45) is 2.35. The van der Waals surface area contributed by atoms with Crippen LogP contribution in [0, 0.1) is 6.92 Å². The number of thiazole rings is 1. The zero-order valence-corrected chi connectivity index (χ0v) is 15.1. The maximum absolute atomic E-state index is 11.2. The Bertz CT molecular complexity index is 899. The molecule has 2 aromatic heterocycles. The molecule has 1 aromatic carbocycles. The molecule has 0 bridgehead atoms. The molecule has 2 heterocycles. The minimum absolute atomic E-state index is 0.0916. The largest absolute Gasteiger partial charge is 0.507 e. The number of ether oxygens (including phenoxy) is 1. The number of hydrogen-bond acceptors (Lipinski definition) is 6. The van der Waals surface area contributed by atoms with Crippen molar-refractivity contribution in [3.8, 4) is 22.9 Å². The Labute approximate surface area is 149 Å². The normalized spacial score (nSPS) is 11.0. The Kier molecular flexibility index (Phi) is 4.85. The van der Waals surface area contributed by atoms with E-state index in [4.69, 9.17) is 4.74 Å². The molecule has 0 saturated heterocycles. The predicted molar refractivity (Wildman–Crippen MR) is 96.3 cm³/mol. The molecular weight excluding hydrogens is 338 g/mol. The number of hydrogen-bond donors (Lipinski definition) is 1. The van der Waals surface area contributed by atoms with Crippen LogP contribution in [0.3, 0.4) is 0 Å². The molecule has 0 spiro atoms. The summed E-state index contributed by atoms with van der Waals surface area (Å²) in [6, 6.07) is 6.91. The first-order chi connectivity index (χ1) is 12.0. The van der Waals surface area contributed by atoms with Crippen LogP contribution >= 0.6 is 11.3 Å². The maximum atomic E-state index is 11.2. The van der Waals surface area contributed by atoms with Crippen molar-refractivity contribution in [2.75, 3.05) is 0 Å². The van der Waals surface area contributed by atoms with Crippen molar-refractivity contribution < 1.29 is 14.6 Å². The molecule has 0 aliphatic heterocycles. The van der Waals surface area contributed by atoms with Gasteiger partial charge in [0.2, 0.25) is 0 Å². The number of aryl methyl sites for hydroxylation is 1. The smallest absolute Gasteiger partial charge is 0.157 e. The number of aromatic nitrogens is 3. The third-order valence-corrected chi connectivity index (χ3v) is 4.67. The fourth-order valence-corrected chi connectivity index (χ4v) is 3.46. The molecule has 0 fully saturated rings. The van der Waals surface area contributed by atoms with E-state index in [1.807, 2.05) is 17.7 Å². The molecule has 0 aliphatic carbocycles. The molecule has 3 aromatic rings. The van der Waals surface area contributed by atoms with Crippen LogP contribution in [-0.4, -0.2) is 26.2 Å². The van der Waals surface area contributed by atoms with Gasteiger partial charge in [0.05, 0.1) is 21.1 Å². The second-order valence-corrected chi connectivity index (χ2v) is 7.14. The molecule has 0 unspecified atom stereocenters. The van der Waals surface area contributed by atoms with Crippen LogP contribution in [0.1, 0.15) is 40.1 Å². The molecule has 0 amide bonds. The SMILES string of the molecule is Cc1nc(-c2ccnn2C(C)C)c(COc2cccc(O)c2C=O)s1. The van der Waals surface area contributed by atoms with Gasteiger partial charge in [-0.25, -0.2) is 4.98 Å². The zero-order chi connectivity index (χ0) is 18.0. The van der Waals surface area contributed by atoms with Crippen molar-refractivity contribution >= 4 is 17.6 Å². The number of nitrogens with zero attached hydrogens (tertiary/aromatic N) is 3. The second-order valence-electron chi connectivity index (χ2n) is 5.85. The van der Waals surface area contributed by atoms with Crippen LogP contribution in [-0.2, 0) is 6.61 Å². The highest BCUT2D eigenvalue weighted by atomic mass is 32.1. The predicted octanol–water partition coefficient (Wildman–Crippen LogP) is 3.99. The van der Waals surface area contributed by atoms with E-state index in [2.05, 4.69) is 23.9 Å². The van der Waals surface area contributed by atoms with Gasteiger partial charge >= 0.3 is 0 Å². The number of aromatic hydroxyl groups is 1. The number of benzene rings is 1. The van der Waals surface area contributed by atoms with E-state index >= 15 is 0 Å². The highest BCUT2D eigenvalue weighted by molar-refractivity contribution is 7.12. The standard InChI is InChI=1S/C18H19N3O3S/c1-11(2)21-14(7-8-19-21)18-17(25-12(3)20-18)10-24-16-6-4-5-15(23)13(16)9-22/h4-9,11,23H,10H2,1-3H3. The Hall–Kier alpha value is -2.67. The van der Waals surface area contributed by atoms with E-state index in [1.54, 1.807) is 29.7 Å². The second kappa shape index (κ2) is 7.06. The van der Waals surface area contributed by atoms with Crippen LogP contribution in [0.25, 0.3) is 11.4 Å². The third-order valence-electron chi connectivity index (χ3n) is 3.73. The average molecular weight is 357 g/mol. The van der Waals surface area contributed by atoms with Crippen LogP contribution in [0.15, 0.2) is 30.5 Å².